The number of carbonyl (C=O) groups is 3. The van der Waals surface area contributed by atoms with Crippen molar-refractivity contribution in [3.05, 3.63) is 46.7 Å². The zero-order valence-electron chi connectivity index (χ0n) is 19.1. The van der Waals surface area contributed by atoms with Gasteiger partial charge in [-0.3, -0.25) is 9.59 Å². The number of hydrogen-bond acceptors (Lipinski definition) is 5. The van der Waals surface area contributed by atoms with E-state index in [1.807, 2.05) is 11.4 Å². The molecule has 0 saturated heterocycles. The highest BCUT2D eigenvalue weighted by molar-refractivity contribution is 7.11. The third-order valence-corrected chi connectivity index (χ3v) is 10.4. The molecular weight excluding hydrogens is 420 g/mol. The van der Waals surface area contributed by atoms with Crippen LogP contribution in [0.4, 0.5) is 0 Å². The summed E-state index contributed by atoms with van der Waals surface area (Å²) in [5.74, 6) is -0.220. The lowest BCUT2D eigenvalue weighted by atomic mass is 9.34. The van der Waals surface area contributed by atoms with Gasteiger partial charge >= 0.3 is 5.97 Å². The van der Waals surface area contributed by atoms with Crippen LogP contribution in [0.5, 0.6) is 0 Å². The molecule has 0 radical (unpaired) electrons. The first-order valence-corrected chi connectivity index (χ1v) is 12.8. The van der Waals surface area contributed by atoms with Gasteiger partial charge in [0, 0.05) is 11.3 Å². The molecule has 3 unspecified atom stereocenters. The monoisotopic (exact) mass is 452 g/mol. The SMILES string of the molecule is C=C1C(=O)C23CC[C@@H](CC2[C@]2(CC)CCC[C@@](C)(COC(=O)c4cccs4)C12)C(=C)C3=O. The number of Topliss-reactive ketones (excluding diaryl/α,β-unsaturated/α-hetero) is 2. The quantitative estimate of drug-likeness (QED) is 0.330. The van der Waals surface area contributed by atoms with E-state index in [2.05, 4.69) is 27.0 Å². The molecule has 0 N–H and O–H groups in total. The van der Waals surface area contributed by atoms with E-state index >= 15 is 0 Å². The van der Waals surface area contributed by atoms with Crippen molar-refractivity contribution in [1.29, 1.82) is 0 Å². The maximum absolute atomic E-state index is 14.0. The topological polar surface area (TPSA) is 60.4 Å². The van der Waals surface area contributed by atoms with Crippen molar-refractivity contribution >= 4 is 28.9 Å². The van der Waals surface area contributed by atoms with Crippen LogP contribution < -0.4 is 0 Å². The van der Waals surface area contributed by atoms with Crippen LogP contribution in [0.25, 0.3) is 0 Å². The molecule has 5 aliphatic carbocycles. The molecule has 170 valence electrons. The summed E-state index contributed by atoms with van der Waals surface area (Å²) < 4.78 is 5.82. The molecule has 6 rings (SSSR count). The van der Waals surface area contributed by atoms with Crippen LogP contribution in [0.1, 0.15) is 68.5 Å². The molecule has 1 aromatic heterocycles. The van der Waals surface area contributed by atoms with E-state index in [9.17, 15) is 14.4 Å². The van der Waals surface area contributed by atoms with Gasteiger partial charge in [-0.25, -0.2) is 4.79 Å². The number of thiophene rings is 1. The van der Waals surface area contributed by atoms with E-state index in [4.69, 9.17) is 4.74 Å². The Kier molecular flexibility index (Phi) is 4.94. The minimum absolute atomic E-state index is 0.0150. The van der Waals surface area contributed by atoms with Crippen molar-refractivity contribution < 1.29 is 19.1 Å². The van der Waals surface area contributed by atoms with Crippen LogP contribution in [-0.2, 0) is 14.3 Å². The maximum atomic E-state index is 14.0. The van der Waals surface area contributed by atoms with E-state index in [-0.39, 0.29) is 52.7 Å². The molecule has 5 saturated carbocycles. The van der Waals surface area contributed by atoms with Crippen molar-refractivity contribution in [3.63, 3.8) is 0 Å². The molecule has 2 bridgehead atoms. The molecule has 5 heteroatoms. The highest BCUT2D eigenvalue weighted by Gasteiger charge is 2.72. The highest BCUT2D eigenvalue weighted by Crippen LogP contribution is 2.72. The second kappa shape index (κ2) is 7.24. The summed E-state index contributed by atoms with van der Waals surface area (Å²) in [5, 5.41) is 1.87. The fraction of sp³-hybridized carbons (Fsp3) is 0.593. The van der Waals surface area contributed by atoms with Crippen molar-refractivity contribution in [2.45, 2.75) is 58.8 Å². The summed E-state index contributed by atoms with van der Waals surface area (Å²) in [7, 11) is 0. The third kappa shape index (κ3) is 2.63. The maximum Gasteiger partial charge on any atom is 0.348 e. The first kappa shape index (κ1) is 21.8. The zero-order valence-corrected chi connectivity index (χ0v) is 19.9. The number of fused-ring (bicyclic) bond motifs is 3. The van der Waals surface area contributed by atoms with Gasteiger partial charge in [-0.15, -0.1) is 11.3 Å². The molecule has 6 atom stereocenters. The van der Waals surface area contributed by atoms with Gasteiger partial charge in [0.1, 0.15) is 4.88 Å². The number of esters is 1. The Morgan fingerprint density at radius 1 is 1.19 bits per heavy atom. The van der Waals surface area contributed by atoms with Gasteiger partial charge < -0.3 is 4.74 Å². The van der Waals surface area contributed by atoms with Gasteiger partial charge in [0.2, 0.25) is 0 Å². The van der Waals surface area contributed by atoms with Gasteiger partial charge in [-0.2, -0.15) is 0 Å². The van der Waals surface area contributed by atoms with E-state index in [1.165, 1.54) is 11.3 Å². The minimum Gasteiger partial charge on any atom is -0.461 e. The van der Waals surface area contributed by atoms with Crippen molar-refractivity contribution in [3.8, 4) is 0 Å². The Bertz CT molecular complexity index is 1020. The highest BCUT2D eigenvalue weighted by atomic mass is 32.1. The van der Waals surface area contributed by atoms with Gasteiger partial charge in [0.05, 0.1) is 12.0 Å². The summed E-state index contributed by atoms with van der Waals surface area (Å²) in [6.07, 6.45) is 6.17. The first-order valence-electron chi connectivity index (χ1n) is 11.9. The Labute approximate surface area is 194 Å². The lowest BCUT2D eigenvalue weighted by molar-refractivity contribution is -0.181. The number of carbonyl (C=O) groups excluding carboxylic acids is 3. The summed E-state index contributed by atoms with van der Waals surface area (Å²) in [5.41, 5.74) is -0.253. The van der Waals surface area contributed by atoms with E-state index in [1.54, 1.807) is 6.07 Å². The van der Waals surface area contributed by atoms with E-state index in [0.717, 1.165) is 38.5 Å². The normalized spacial score (nSPS) is 40.8. The van der Waals surface area contributed by atoms with Gasteiger partial charge in [-0.1, -0.05) is 39.5 Å². The predicted molar refractivity (Wildman–Crippen MR) is 124 cm³/mol. The summed E-state index contributed by atoms with van der Waals surface area (Å²) in [6, 6.07) is 3.62. The molecule has 32 heavy (non-hydrogen) atoms. The molecule has 5 fully saturated rings. The van der Waals surface area contributed by atoms with Crippen LogP contribution in [0, 0.1) is 34.0 Å². The standard InChI is InChI=1S/C27H32O4S/c1-5-26-11-7-10-25(4,15-31-24(30)19-8-6-13-32-19)21(26)17(3)23(29)27-12-9-18(14-20(26)27)16(2)22(27)28/h6,8,13,18,20-21H,2-3,5,7,9-12,14-15H2,1,4H3/t18-,20?,21?,25-,26-,27?/m0/s1. The smallest absolute Gasteiger partial charge is 0.348 e. The van der Waals surface area contributed by atoms with Crippen molar-refractivity contribution in [1.82, 2.24) is 0 Å². The summed E-state index contributed by atoms with van der Waals surface area (Å²) in [4.78, 5) is 40.7. The van der Waals surface area contributed by atoms with Crippen LogP contribution in [0.3, 0.4) is 0 Å². The van der Waals surface area contributed by atoms with Gasteiger partial charge in [-0.05, 0) is 78.4 Å². The largest absolute Gasteiger partial charge is 0.461 e. The first-order chi connectivity index (χ1) is 15.2. The lowest BCUT2D eigenvalue weighted by Gasteiger charge is -2.67. The molecule has 5 aliphatic rings. The average Bonchev–Trinajstić information content (AvgIpc) is 3.34. The van der Waals surface area contributed by atoms with E-state index < -0.39 is 5.41 Å². The van der Waals surface area contributed by atoms with Crippen LogP contribution in [-0.4, -0.2) is 24.1 Å². The number of ketones is 2. The molecule has 0 amide bonds. The summed E-state index contributed by atoms with van der Waals surface area (Å²) >= 11 is 1.37. The zero-order chi connectivity index (χ0) is 22.9. The van der Waals surface area contributed by atoms with Crippen LogP contribution >= 0.6 is 11.3 Å². The van der Waals surface area contributed by atoms with Crippen LogP contribution in [0.15, 0.2) is 41.8 Å². The fourth-order valence-electron chi connectivity index (χ4n) is 8.18. The fourth-order valence-corrected chi connectivity index (χ4v) is 8.80. The third-order valence-electron chi connectivity index (χ3n) is 9.51. The van der Waals surface area contributed by atoms with Crippen molar-refractivity contribution in [2.75, 3.05) is 6.61 Å². The molecule has 0 aliphatic heterocycles. The molecule has 1 heterocycles. The molecule has 1 spiro atoms. The van der Waals surface area contributed by atoms with Crippen LogP contribution in [0.2, 0.25) is 0 Å². The molecular formula is C27H32O4S. The Balaban J connectivity index is 1.54. The lowest BCUT2D eigenvalue weighted by Crippen LogP contribution is -2.68. The van der Waals surface area contributed by atoms with Gasteiger partial charge in [0.15, 0.2) is 11.6 Å². The minimum atomic E-state index is -0.957. The Morgan fingerprint density at radius 2 is 1.94 bits per heavy atom. The van der Waals surface area contributed by atoms with Crippen molar-refractivity contribution in [2.24, 2.45) is 34.0 Å². The van der Waals surface area contributed by atoms with Gasteiger partial charge in [0.25, 0.3) is 0 Å². The number of ether oxygens (including phenoxy) is 1. The van der Waals surface area contributed by atoms with E-state index in [0.29, 0.717) is 22.4 Å². The average molecular weight is 453 g/mol. The molecule has 0 aromatic carbocycles. The second-order valence-corrected chi connectivity index (χ2v) is 11.7. The Morgan fingerprint density at radius 3 is 2.62 bits per heavy atom. The molecule has 4 nitrogen and oxygen atoms in total. The number of rotatable bonds is 4. The second-order valence-electron chi connectivity index (χ2n) is 10.8. The summed E-state index contributed by atoms with van der Waals surface area (Å²) in [6.45, 7) is 13.1. The number of hydrogen-bond donors (Lipinski definition) is 0. The number of allylic oxidation sites excluding steroid dienone is 2. The molecule has 1 aromatic rings. The Hall–Kier alpha value is -2.01. The predicted octanol–water partition coefficient (Wildman–Crippen LogP) is 5.79.